The second-order valence-corrected chi connectivity index (χ2v) is 16.0. The van der Waals surface area contributed by atoms with Crippen LogP contribution in [0.3, 0.4) is 0 Å². The Bertz CT molecular complexity index is 2380. The molecule has 3 heterocycles. The van der Waals surface area contributed by atoms with E-state index in [4.69, 9.17) is 14.2 Å². The molecule has 3 aromatic heterocycles. The van der Waals surface area contributed by atoms with Crippen LogP contribution in [0.25, 0.3) is 32.7 Å². The summed E-state index contributed by atoms with van der Waals surface area (Å²) in [6.45, 7) is 7.64. The van der Waals surface area contributed by atoms with Crippen molar-refractivity contribution in [3.05, 3.63) is 141 Å². The van der Waals surface area contributed by atoms with Gasteiger partial charge < -0.3 is 29.2 Å². The number of carbonyl (C=O) groups excluding carboxylic acids is 3. The summed E-state index contributed by atoms with van der Waals surface area (Å²) in [6, 6.07) is 22.3. The van der Waals surface area contributed by atoms with Crippen molar-refractivity contribution in [1.29, 1.82) is 0 Å². The average molecular weight is 853 g/mol. The standard InChI is InChI=1S/C51H60N6O6/c1-7-34-40(28-55-46(49(58)61-4)22-31-25-52-43-19-13-10-16-37(31)43)35(8-2)42(30-57-48(51(60)63-6)24-33-27-54-45-21-15-12-18-39(33)45)36(9-3)41(34)29-56-47(50(59)62-5)23-32-26-53-44-20-14-11-17-38(32)44/h10-21,25-27,46-48,52-57H,7-9,22-24,28-30H2,1-6H3/t46-,47-,48-/m0/s1. The molecule has 0 aliphatic carbocycles. The summed E-state index contributed by atoms with van der Waals surface area (Å²) in [6.07, 6.45) is 9.31. The number of hydrogen-bond donors (Lipinski definition) is 6. The first kappa shape index (κ1) is 44.8. The van der Waals surface area contributed by atoms with Crippen LogP contribution in [0.1, 0.15) is 70.8 Å². The molecule has 0 unspecified atom stereocenters. The Morgan fingerprint density at radius 3 is 0.968 bits per heavy atom. The maximum Gasteiger partial charge on any atom is 0.323 e. The zero-order valence-corrected chi connectivity index (χ0v) is 37.2. The largest absolute Gasteiger partial charge is 0.468 e. The fraction of sp³-hybridized carbons (Fsp3) is 0.353. The molecule has 0 saturated carbocycles. The molecular formula is C51H60N6O6. The minimum absolute atomic E-state index is 0.346. The zero-order valence-electron chi connectivity index (χ0n) is 37.2. The van der Waals surface area contributed by atoms with Gasteiger partial charge in [0.15, 0.2) is 0 Å². The maximum absolute atomic E-state index is 13.5. The van der Waals surface area contributed by atoms with Crippen LogP contribution in [-0.4, -0.2) is 72.3 Å². The quantitative estimate of drug-likeness (QED) is 0.0319. The van der Waals surface area contributed by atoms with Crippen molar-refractivity contribution in [2.24, 2.45) is 0 Å². The highest BCUT2D eigenvalue weighted by Crippen LogP contribution is 2.32. The molecule has 6 N–H and O–H groups in total. The number of aromatic nitrogens is 3. The van der Waals surface area contributed by atoms with Crippen molar-refractivity contribution >= 4 is 50.6 Å². The molecule has 12 nitrogen and oxygen atoms in total. The van der Waals surface area contributed by atoms with Crippen LogP contribution in [0.15, 0.2) is 91.4 Å². The van der Waals surface area contributed by atoms with Crippen LogP contribution in [0, 0.1) is 0 Å². The van der Waals surface area contributed by atoms with E-state index in [-0.39, 0.29) is 17.9 Å². The molecule has 330 valence electrons. The van der Waals surface area contributed by atoms with Crippen molar-refractivity contribution in [3.63, 3.8) is 0 Å². The predicted molar refractivity (Wildman–Crippen MR) is 249 cm³/mol. The molecule has 63 heavy (non-hydrogen) atoms. The SMILES string of the molecule is CCc1c(CN[C@@H](Cc2c[nH]c3ccccc23)C(=O)OC)c(CC)c(CN[C@@H](Cc2c[nH]c3ccccc23)C(=O)OC)c(CC)c1CN[C@@H](Cc1c[nH]c2ccccc12)C(=O)OC. The molecule has 12 heteroatoms. The van der Waals surface area contributed by atoms with Gasteiger partial charge in [-0.2, -0.15) is 0 Å². The molecule has 0 bridgehead atoms. The minimum atomic E-state index is -0.627. The molecule has 0 saturated heterocycles. The normalized spacial score (nSPS) is 13.0. The van der Waals surface area contributed by atoms with E-state index in [1.165, 1.54) is 21.3 Å². The maximum atomic E-state index is 13.5. The summed E-state index contributed by atoms with van der Waals surface area (Å²) < 4.78 is 16.1. The summed E-state index contributed by atoms with van der Waals surface area (Å²) >= 11 is 0. The zero-order chi connectivity index (χ0) is 44.5. The Hall–Kier alpha value is -6.21. The van der Waals surface area contributed by atoms with E-state index < -0.39 is 18.1 Å². The van der Waals surface area contributed by atoms with E-state index in [1.54, 1.807) is 0 Å². The number of carbonyl (C=O) groups is 3. The van der Waals surface area contributed by atoms with Crippen LogP contribution in [0.4, 0.5) is 0 Å². The van der Waals surface area contributed by atoms with Crippen LogP contribution in [0.2, 0.25) is 0 Å². The van der Waals surface area contributed by atoms with E-state index >= 15 is 0 Å². The molecule has 3 atom stereocenters. The van der Waals surface area contributed by atoms with Gasteiger partial charge in [-0.1, -0.05) is 75.4 Å². The number of ether oxygens (including phenoxy) is 3. The average Bonchev–Trinajstić information content (AvgIpc) is 4.06. The number of hydrogen-bond acceptors (Lipinski definition) is 9. The van der Waals surface area contributed by atoms with Crippen molar-refractivity contribution < 1.29 is 28.6 Å². The number of benzene rings is 4. The smallest absolute Gasteiger partial charge is 0.323 e. The van der Waals surface area contributed by atoms with Crippen LogP contribution in [0.5, 0.6) is 0 Å². The summed E-state index contributed by atoms with van der Waals surface area (Å²) in [7, 11) is 4.27. The minimum Gasteiger partial charge on any atom is -0.468 e. The lowest BCUT2D eigenvalue weighted by molar-refractivity contribution is -0.144. The highest BCUT2D eigenvalue weighted by Gasteiger charge is 2.29. The van der Waals surface area contributed by atoms with Gasteiger partial charge in [0, 0.05) is 90.2 Å². The van der Waals surface area contributed by atoms with Gasteiger partial charge in [0.1, 0.15) is 18.1 Å². The van der Waals surface area contributed by atoms with Crippen LogP contribution >= 0.6 is 0 Å². The molecule has 4 aromatic carbocycles. The van der Waals surface area contributed by atoms with Gasteiger partial charge in [0.25, 0.3) is 0 Å². The number of methoxy groups -OCH3 is 3. The van der Waals surface area contributed by atoms with E-state index in [0.717, 1.165) is 82.8 Å². The van der Waals surface area contributed by atoms with E-state index in [2.05, 4.69) is 69.9 Å². The van der Waals surface area contributed by atoms with E-state index in [0.29, 0.717) is 58.2 Å². The highest BCUT2D eigenvalue weighted by molar-refractivity contribution is 5.86. The Kier molecular flexibility index (Phi) is 14.8. The molecule has 7 rings (SSSR count). The van der Waals surface area contributed by atoms with E-state index in [1.807, 2.05) is 73.2 Å². The van der Waals surface area contributed by atoms with Gasteiger partial charge in [-0.05, 0) is 87.5 Å². The van der Waals surface area contributed by atoms with Crippen molar-refractivity contribution in [1.82, 2.24) is 30.9 Å². The molecule has 7 aromatic rings. The second kappa shape index (κ2) is 20.8. The Balaban J connectivity index is 1.27. The van der Waals surface area contributed by atoms with E-state index in [9.17, 15) is 14.4 Å². The van der Waals surface area contributed by atoms with Crippen molar-refractivity contribution in [2.45, 2.75) is 97.1 Å². The van der Waals surface area contributed by atoms with Gasteiger partial charge in [-0.25, -0.2) is 0 Å². The number of para-hydroxylation sites is 3. The second-order valence-electron chi connectivity index (χ2n) is 16.0. The molecule has 0 spiro atoms. The van der Waals surface area contributed by atoms with Gasteiger partial charge in [0.05, 0.1) is 21.3 Å². The lowest BCUT2D eigenvalue weighted by Gasteiger charge is -2.29. The third-order valence-electron chi connectivity index (χ3n) is 12.6. The number of aromatic amines is 3. The van der Waals surface area contributed by atoms with Crippen LogP contribution < -0.4 is 16.0 Å². The molecule has 0 amide bonds. The molecule has 0 radical (unpaired) electrons. The number of fused-ring (bicyclic) bond motifs is 3. The first-order valence-corrected chi connectivity index (χ1v) is 22.0. The predicted octanol–water partition coefficient (Wildman–Crippen LogP) is 7.44. The third-order valence-corrected chi connectivity index (χ3v) is 12.6. The topological polar surface area (TPSA) is 162 Å². The summed E-state index contributed by atoms with van der Waals surface area (Å²) in [5, 5.41) is 14.1. The monoisotopic (exact) mass is 852 g/mol. The first-order chi connectivity index (χ1) is 30.7. The van der Waals surface area contributed by atoms with Gasteiger partial charge >= 0.3 is 17.9 Å². The number of rotatable bonds is 21. The highest BCUT2D eigenvalue weighted by atomic mass is 16.5. The fourth-order valence-corrected chi connectivity index (χ4v) is 9.39. The number of H-pyrrole nitrogens is 3. The molecule has 0 aliphatic heterocycles. The van der Waals surface area contributed by atoms with Gasteiger partial charge in [-0.3, -0.25) is 30.3 Å². The van der Waals surface area contributed by atoms with Gasteiger partial charge in [0.2, 0.25) is 0 Å². The fourth-order valence-electron chi connectivity index (χ4n) is 9.39. The summed E-state index contributed by atoms with van der Waals surface area (Å²) in [5.74, 6) is -1.04. The van der Waals surface area contributed by atoms with Gasteiger partial charge in [-0.15, -0.1) is 0 Å². The summed E-state index contributed by atoms with van der Waals surface area (Å²) in [4.78, 5) is 50.5. The Labute approximate surface area is 368 Å². The number of esters is 3. The van der Waals surface area contributed by atoms with Crippen LogP contribution in [-0.2, 0) is 86.8 Å². The Morgan fingerprint density at radius 1 is 0.444 bits per heavy atom. The molecule has 0 fully saturated rings. The molecule has 0 aliphatic rings. The number of nitrogens with one attached hydrogen (secondary N) is 6. The Morgan fingerprint density at radius 2 is 0.714 bits per heavy atom. The van der Waals surface area contributed by atoms with Crippen molar-refractivity contribution in [2.75, 3.05) is 21.3 Å². The lowest BCUT2D eigenvalue weighted by Crippen LogP contribution is -2.41. The first-order valence-electron chi connectivity index (χ1n) is 22.0. The van der Waals surface area contributed by atoms with Crippen molar-refractivity contribution in [3.8, 4) is 0 Å². The lowest BCUT2D eigenvalue weighted by atomic mass is 9.82. The molecular weight excluding hydrogens is 793 g/mol. The summed E-state index contributed by atoms with van der Waals surface area (Å²) in [5.41, 5.74) is 12.8. The third kappa shape index (κ3) is 9.73.